The molecule has 2 rings (SSSR count). The number of hydrogen-bond acceptors (Lipinski definition) is 3. The highest BCUT2D eigenvalue weighted by Crippen LogP contribution is 2.23. The number of carboxylic acids is 1. The van der Waals surface area contributed by atoms with Gasteiger partial charge in [-0.3, -0.25) is 9.78 Å². The number of nitrogens with one attached hydrogen (secondary N) is 1. The summed E-state index contributed by atoms with van der Waals surface area (Å²) in [5.41, 5.74) is 0.860. The minimum Gasteiger partial charge on any atom is -0.480 e. The van der Waals surface area contributed by atoms with E-state index in [1.165, 1.54) is 12.8 Å². The van der Waals surface area contributed by atoms with Crippen LogP contribution in [-0.4, -0.2) is 28.0 Å². The zero-order valence-corrected chi connectivity index (χ0v) is 12.1. The molecule has 1 saturated carbocycles. The van der Waals surface area contributed by atoms with Crippen molar-refractivity contribution in [2.75, 3.05) is 0 Å². The molecule has 5 heteroatoms. The molecule has 1 aliphatic rings. The summed E-state index contributed by atoms with van der Waals surface area (Å²) in [6, 6.07) is 2.67. The Labute approximate surface area is 124 Å². The summed E-state index contributed by atoms with van der Waals surface area (Å²) < 4.78 is 0. The lowest BCUT2D eigenvalue weighted by Crippen LogP contribution is -2.44. The van der Waals surface area contributed by atoms with E-state index >= 15 is 0 Å². The Morgan fingerprint density at radius 3 is 2.38 bits per heavy atom. The smallest absolute Gasteiger partial charge is 0.326 e. The van der Waals surface area contributed by atoms with Gasteiger partial charge in [0.2, 0.25) is 5.91 Å². The monoisotopic (exact) mass is 290 g/mol. The molecule has 1 unspecified atom stereocenters. The number of carbonyl (C=O) groups is 2. The third kappa shape index (κ3) is 4.85. The summed E-state index contributed by atoms with van der Waals surface area (Å²) in [4.78, 5) is 27.5. The molecule has 1 aliphatic carbocycles. The van der Waals surface area contributed by atoms with E-state index < -0.39 is 12.0 Å². The summed E-state index contributed by atoms with van der Waals surface area (Å²) >= 11 is 0. The van der Waals surface area contributed by atoms with Gasteiger partial charge < -0.3 is 10.4 Å². The van der Waals surface area contributed by atoms with Crippen LogP contribution in [0, 0.1) is 5.92 Å². The number of aromatic nitrogens is 1. The maximum atomic E-state index is 12.3. The van der Waals surface area contributed by atoms with E-state index in [1.54, 1.807) is 24.5 Å². The Bertz CT molecular complexity index is 468. The van der Waals surface area contributed by atoms with Gasteiger partial charge >= 0.3 is 5.97 Å². The van der Waals surface area contributed by atoms with E-state index in [9.17, 15) is 14.7 Å². The highest BCUT2D eigenvalue weighted by atomic mass is 16.4. The molecule has 0 radical (unpaired) electrons. The second kappa shape index (κ2) is 7.76. The van der Waals surface area contributed by atoms with E-state index in [0.29, 0.717) is 0 Å². The first-order valence-corrected chi connectivity index (χ1v) is 7.59. The van der Waals surface area contributed by atoms with Gasteiger partial charge in [-0.05, 0) is 30.5 Å². The van der Waals surface area contributed by atoms with Gasteiger partial charge in [0.1, 0.15) is 6.04 Å². The van der Waals surface area contributed by atoms with E-state index in [0.717, 1.165) is 31.2 Å². The first kappa shape index (κ1) is 15.5. The van der Waals surface area contributed by atoms with E-state index in [2.05, 4.69) is 10.3 Å². The average molecular weight is 290 g/mol. The molecule has 0 bridgehead atoms. The third-order valence-corrected chi connectivity index (χ3v) is 4.03. The molecule has 1 aromatic heterocycles. The van der Waals surface area contributed by atoms with Gasteiger partial charge in [0, 0.05) is 24.7 Å². The molecule has 5 nitrogen and oxygen atoms in total. The highest BCUT2D eigenvalue weighted by Gasteiger charge is 2.25. The Balaban J connectivity index is 1.95. The summed E-state index contributed by atoms with van der Waals surface area (Å²) in [5.74, 6) is -1.14. The second-order valence-electron chi connectivity index (χ2n) is 5.65. The molecular weight excluding hydrogens is 268 g/mol. The number of nitrogens with zero attached hydrogens (tertiary/aromatic N) is 1. The van der Waals surface area contributed by atoms with Crippen LogP contribution < -0.4 is 5.32 Å². The maximum absolute atomic E-state index is 12.3. The molecule has 1 heterocycles. The predicted molar refractivity (Wildman–Crippen MR) is 78.7 cm³/mol. The minimum absolute atomic E-state index is 0.0354. The Kier molecular flexibility index (Phi) is 5.72. The van der Waals surface area contributed by atoms with Gasteiger partial charge in [-0.2, -0.15) is 0 Å². The van der Waals surface area contributed by atoms with Crippen molar-refractivity contribution in [3.05, 3.63) is 30.1 Å². The Morgan fingerprint density at radius 1 is 1.19 bits per heavy atom. The predicted octanol–water partition coefficient (Wildman–Crippen LogP) is 2.16. The van der Waals surface area contributed by atoms with Gasteiger partial charge in [0.25, 0.3) is 0 Å². The molecule has 1 atom stereocenters. The van der Waals surface area contributed by atoms with Crippen LogP contribution in [0.2, 0.25) is 0 Å². The van der Waals surface area contributed by atoms with Gasteiger partial charge in [-0.25, -0.2) is 4.79 Å². The lowest BCUT2D eigenvalue weighted by molar-refractivity contribution is -0.142. The molecular formula is C16H22N2O3. The van der Waals surface area contributed by atoms with Crippen LogP contribution in [-0.2, 0) is 16.0 Å². The van der Waals surface area contributed by atoms with Crippen LogP contribution in [0.25, 0.3) is 0 Å². The SMILES string of the molecule is O=C(NC(Cc1ccncc1)C(=O)O)C1CCCCCC1. The van der Waals surface area contributed by atoms with Crippen LogP contribution in [0.4, 0.5) is 0 Å². The first-order valence-electron chi connectivity index (χ1n) is 7.59. The Hall–Kier alpha value is -1.91. The first-order chi connectivity index (χ1) is 10.2. The number of rotatable bonds is 5. The number of carbonyl (C=O) groups excluding carboxylic acids is 1. The number of hydrogen-bond donors (Lipinski definition) is 2. The molecule has 0 aliphatic heterocycles. The minimum atomic E-state index is -0.992. The molecule has 114 valence electrons. The van der Waals surface area contributed by atoms with Crippen molar-refractivity contribution in [1.82, 2.24) is 10.3 Å². The van der Waals surface area contributed by atoms with Gasteiger partial charge in [-0.15, -0.1) is 0 Å². The lowest BCUT2D eigenvalue weighted by Gasteiger charge is -2.19. The van der Waals surface area contributed by atoms with Gasteiger partial charge in [0.05, 0.1) is 0 Å². The van der Waals surface area contributed by atoms with E-state index in [-0.39, 0.29) is 18.2 Å². The topological polar surface area (TPSA) is 79.3 Å². The average Bonchev–Trinajstić information content (AvgIpc) is 2.76. The molecule has 1 aromatic rings. The summed E-state index contributed by atoms with van der Waals surface area (Å²) in [7, 11) is 0. The van der Waals surface area contributed by atoms with Crippen molar-refractivity contribution >= 4 is 11.9 Å². The normalized spacial score (nSPS) is 17.7. The zero-order valence-electron chi connectivity index (χ0n) is 12.1. The molecule has 1 fully saturated rings. The molecule has 0 spiro atoms. The van der Waals surface area contributed by atoms with Crippen molar-refractivity contribution in [1.29, 1.82) is 0 Å². The molecule has 1 amide bonds. The highest BCUT2D eigenvalue weighted by molar-refractivity contribution is 5.85. The summed E-state index contributed by atoms with van der Waals surface area (Å²) in [5, 5.41) is 12.0. The standard InChI is InChI=1S/C16H22N2O3/c19-15(13-5-3-1-2-4-6-13)18-14(16(20)21)11-12-7-9-17-10-8-12/h7-10,13-14H,1-6,11H2,(H,18,19)(H,20,21). The fourth-order valence-electron chi connectivity index (χ4n) is 2.79. The number of pyridine rings is 1. The third-order valence-electron chi connectivity index (χ3n) is 4.03. The fraction of sp³-hybridized carbons (Fsp3) is 0.562. The van der Waals surface area contributed by atoms with Crippen molar-refractivity contribution in [3.8, 4) is 0 Å². The number of carboxylic acid groups (broad SMARTS) is 1. The molecule has 21 heavy (non-hydrogen) atoms. The summed E-state index contributed by atoms with van der Waals surface area (Å²) in [6.45, 7) is 0. The van der Waals surface area contributed by atoms with Crippen molar-refractivity contribution in [2.45, 2.75) is 51.0 Å². The quantitative estimate of drug-likeness (QED) is 0.814. The van der Waals surface area contributed by atoms with Crippen LogP contribution in [0.3, 0.4) is 0 Å². The maximum Gasteiger partial charge on any atom is 0.326 e. The largest absolute Gasteiger partial charge is 0.480 e. The van der Waals surface area contributed by atoms with Crippen molar-refractivity contribution in [3.63, 3.8) is 0 Å². The van der Waals surface area contributed by atoms with E-state index in [1.807, 2.05) is 0 Å². The number of aliphatic carboxylic acids is 1. The molecule has 0 aromatic carbocycles. The van der Waals surface area contributed by atoms with Crippen LogP contribution in [0.15, 0.2) is 24.5 Å². The van der Waals surface area contributed by atoms with Crippen molar-refractivity contribution in [2.24, 2.45) is 5.92 Å². The zero-order chi connectivity index (χ0) is 15.1. The van der Waals surface area contributed by atoms with Crippen molar-refractivity contribution < 1.29 is 14.7 Å². The van der Waals surface area contributed by atoms with Gasteiger partial charge in [0.15, 0.2) is 0 Å². The Morgan fingerprint density at radius 2 is 1.81 bits per heavy atom. The summed E-state index contributed by atoms with van der Waals surface area (Å²) in [6.07, 6.45) is 9.73. The molecule has 0 saturated heterocycles. The number of amides is 1. The van der Waals surface area contributed by atoms with Crippen LogP contribution >= 0.6 is 0 Å². The molecule has 2 N–H and O–H groups in total. The van der Waals surface area contributed by atoms with E-state index in [4.69, 9.17) is 0 Å². The lowest BCUT2D eigenvalue weighted by atomic mass is 9.98. The second-order valence-corrected chi connectivity index (χ2v) is 5.65. The van der Waals surface area contributed by atoms with Gasteiger partial charge in [-0.1, -0.05) is 25.7 Å². The van der Waals surface area contributed by atoms with Crippen LogP contribution in [0.5, 0.6) is 0 Å². The van der Waals surface area contributed by atoms with Crippen LogP contribution in [0.1, 0.15) is 44.1 Å². The fourth-order valence-corrected chi connectivity index (χ4v) is 2.79.